The van der Waals surface area contributed by atoms with Crippen LogP contribution < -0.4 is 9.62 Å². The normalized spacial score (nSPS) is 13.3. The Morgan fingerprint density at radius 3 is 2.48 bits per heavy atom. The molecule has 1 aliphatic rings. The van der Waals surface area contributed by atoms with Gasteiger partial charge >= 0.3 is 0 Å². The van der Waals surface area contributed by atoms with Crippen molar-refractivity contribution in [2.45, 2.75) is 19.3 Å². The number of fused-ring (bicyclic) bond motifs is 1. The number of sulfonamides is 1. The molecule has 0 radical (unpaired) electrons. The second-order valence-electron chi connectivity index (χ2n) is 6.41. The van der Waals surface area contributed by atoms with E-state index in [1.54, 1.807) is 18.2 Å². The van der Waals surface area contributed by atoms with Crippen LogP contribution in [0.15, 0.2) is 42.5 Å². The fraction of sp³-hybridized carbons (Fsp3) is 0.263. The van der Waals surface area contributed by atoms with E-state index in [2.05, 4.69) is 5.32 Å². The number of hydrogen-bond acceptors (Lipinski definition) is 4. The standard InChI is InChI=1S/C19H19FN2O4S/c1-27(25,26)22-11-10-13-4-7-16(12-17(13)22)21-19(24)9-8-18(23)14-2-5-15(20)6-3-14/h2-7,12H,8-11H2,1H3,(H,21,24). The lowest BCUT2D eigenvalue weighted by atomic mass is 10.1. The molecule has 0 atom stereocenters. The van der Waals surface area contributed by atoms with Gasteiger partial charge in [0, 0.05) is 30.6 Å². The van der Waals surface area contributed by atoms with Crippen LogP contribution >= 0.6 is 0 Å². The molecule has 0 fully saturated rings. The third-order valence-corrected chi connectivity index (χ3v) is 5.55. The third-order valence-electron chi connectivity index (χ3n) is 4.37. The number of amides is 1. The molecule has 0 spiro atoms. The Morgan fingerprint density at radius 2 is 1.81 bits per heavy atom. The van der Waals surface area contributed by atoms with Crippen molar-refractivity contribution in [1.82, 2.24) is 0 Å². The van der Waals surface area contributed by atoms with Crippen molar-refractivity contribution < 1.29 is 22.4 Å². The van der Waals surface area contributed by atoms with E-state index in [1.807, 2.05) is 0 Å². The smallest absolute Gasteiger partial charge is 0.232 e. The summed E-state index contributed by atoms with van der Waals surface area (Å²) in [7, 11) is -3.37. The SMILES string of the molecule is CS(=O)(=O)N1CCc2ccc(NC(=O)CCC(=O)c3ccc(F)cc3)cc21. The fourth-order valence-electron chi connectivity index (χ4n) is 3.00. The van der Waals surface area contributed by atoms with Crippen molar-refractivity contribution >= 4 is 33.1 Å². The molecule has 2 aromatic rings. The Labute approximate surface area is 157 Å². The molecule has 0 bridgehead atoms. The van der Waals surface area contributed by atoms with Crippen LogP contribution in [0, 0.1) is 5.82 Å². The lowest BCUT2D eigenvalue weighted by Gasteiger charge is -2.17. The monoisotopic (exact) mass is 390 g/mol. The van der Waals surface area contributed by atoms with E-state index in [-0.39, 0.29) is 24.5 Å². The minimum Gasteiger partial charge on any atom is -0.326 e. The molecule has 27 heavy (non-hydrogen) atoms. The van der Waals surface area contributed by atoms with Crippen LogP contribution in [0.3, 0.4) is 0 Å². The molecule has 1 amide bonds. The first-order valence-corrected chi connectivity index (χ1v) is 10.3. The molecule has 2 aromatic carbocycles. The maximum atomic E-state index is 12.9. The highest BCUT2D eigenvalue weighted by Gasteiger charge is 2.26. The zero-order valence-electron chi connectivity index (χ0n) is 14.7. The fourth-order valence-corrected chi connectivity index (χ4v) is 3.95. The summed E-state index contributed by atoms with van der Waals surface area (Å²) in [6, 6.07) is 10.3. The van der Waals surface area contributed by atoms with Crippen LogP contribution in [0.2, 0.25) is 0 Å². The number of Topliss-reactive ketones (excluding diaryl/α,β-unsaturated/α-hetero) is 1. The van der Waals surface area contributed by atoms with Crippen LogP contribution in [-0.4, -0.2) is 32.9 Å². The molecule has 0 unspecified atom stereocenters. The van der Waals surface area contributed by atoms with Crippen LogP contribution in [0.4, 0.5) is 15.8 Å². The number of rotatable bonds is 6. The maximum Gasteiger partial charge on any atom is 0.232 e. The van der Waals surface area contributed by atoms with Crippen molar-refractivity contribution in [3.8, 4) is 0 Å². The predicted octanol–water partition coefficient (Wildman–Crippen LogP) is 2.75. The zero-order chi connectivity index (χ0) is 19.6. The number of carbonyl (C=O) groups is 2. The quantitative estimate of drug-likeness (QED) is 0.769. The van der Waals surface area contributed by atoms with Gasteiger partial charge in [-0.05, 0) is 48.4 Å². The van der Waals surface area contributed by atoms with Crippen molar-refractivity contribution in [3.63, 3.8) is 0 Å². The summed E-state index contributed by atoms with van der Waals surface area (Å²) in [5, 5.41) is 2.69. The van der Waals surface area contributed by atoms with Gasteiger partial charge in [-0.15, -0.1) is 0 Å². The minimum absolute atomic E-state index is 0.00211. The largest absolute Gasteiger partial charge is 0.326 e. The molecule has 142 valence electrons. The van der Waals surface area contributed by atoms with E-state index in [9.17, 15) is 22.4 Å². The molecule has 0 aliphatic carbocycles. The molecule has 0 saturated carbocycles. The topological polar surface area (TPSA) is 83.6 Å². The van der Waals surface area contributed by atoms with E-state index in [4.69, 9.17) is 0 Å². The second-order valence-corrected chi connectivity index (χ2v) is 8.31. The molecule has 0 aromatic heterocycles. The van der Waals surface area contributed by atoms with E-state index in [0.29, 0.717) is 29.9 Å². The first-order chi connectivity index (χ1) is 12.7. The Balaban J connectivity index is 1.62. The number of carbonyl (C=O) groups excluding carboxylic acids is 2. The van der Waals surface area contributed by atoms with Gasteiger partial charge in [-0.1, -0.05) is 6.07 Å². The van der Waals surface area contributed by atoms with Crippen LogP contribution in [0.5, 0.6) is 0 Å². The van der Waals surface area contributed by atoms with Gasteiger partial charge in [-0.2, -0.15) is 0 Å². The summed E-state index contributed by atoms with van der Waals surface area (Å²) in [6.45, 7) is 0.387. The first-order valence-electron chi connectivity index (χ1n) is 8.43. The molecule has 1 N–H and O–H groups in total. The molecular weight excluding hydrogens is 371 g/mol. The molecule has 1 aliphatic heterocycles. The molecular formula is C19H19FN2O4S. The predicted molar refractivity (Wildman–Crippen MR) is 101 cm³/mol. The Bertz CT molecular complexity index is 987. The highest BCUT2D eigenvalue weighted by molar-refractivity contribution is 7.92. The van der Waals surface area contributed by atoms with Gasteiger partial charge in [0.25, 0.3) is 0 Å². The average Bonchev–Trinajstić information content (AvgIpc) is 3.04. The van der Waals surface area contributed by atoms with Gasteiger partial charge in [-0.3, -0.25) is 13.9 Å². The molecule has 6 nitrogen and oxygen atoms in total. The number of nitrogens with one attached hydrogen (secondary N) is 1. The average molecular weight is 390 g/mol. The zero-order valence-corrected chi connectivity index (χ0v) is 15.6. The van der Waals surface area contributed by atoms with Crippen LogP contribution in [-0.2, 0) is 21.2 Å². The van der Waals surface area contributed by atoms with Crippen molar-refractivity contribution in [2.75, 3.05) is 22.4 Å². The number of hydrogen-bond donors (Lipinski definition) is 1. The highest BCUT2D eigenvalue weighted by atomic mass is 32.2. The van der Waals surface area contributed by atoms with E-state index < -0.39 is 15.8 Å². The van der Waals surface area contributed by atoms with E-state index >= 15 is 0 Å². The molecule has 0 saturated heterocycles. The minimum atomic E-state index is -3.37. The first kappa shape index (κ1) is 19.0. The summed E-state index contributed by atoms with van der Waals surface area (Å²) >= 11 is 0. The number of anilines is 2. The van der Waals surface area contributed by atoms with Gasteiger partial charge in [0.05, 0.1) is 11.9 Å². The van der Waals surface area contributed by atoms with Crippen LogP contribution in [0.25, 0.3) is 0 Å². The number of ketones is 1. The second kappa shape index (κ2) is 7.48. The maximum absolute atomic E-state index is 12.9. The molecule has 8 heteroatoms. The highest BCUT2D eigenvalue weighted by Crippen LogP contribution is 2.32. The Morgan fingerprint density at radius 1 is 1.11 bits per heavy atom. The van der Waals surface area contributed by atoms with Gasteiger partial charge in [-0.25, -0.2) is 12.8 Å². The third kappa shape index (κ3) is 4.51. The number of benzene rings is 2. The van der Waals surface area contributed by atoms with Gasteiger partial charge in [0.1, 0.15) is 5.82 Å². The Hall–Kier alpha value is -2.74. The molecule has 1 heterocycles. The summed E-state index contributed by atoms with van der Waals surface area (Å²) in [6.07, 6.45) is 1.75. The van der Waals surface area contributed by atoms with Gasteiger partial charge in [0.2, 0.25) is 15.9 Å². The summed E-state index contributed by atoms with van der Waals surface area (Å²) < 4.78 is 37.9. The van der Waals surface area contributed by atoms with Gasteiger partial charge in [0.15, 0.2) is 5.78 Å². The van der Waals surface area contributed by atoms with Gasteiger partial charge < -0.3 is 5.32 Å². The van der Waals surface area contributed by atoms with Crippen LogP contribution in [0.1, 0.15) is 28.8 Å². The lowest BCUT2D eigenvalue weighted by molar-refractivity contribution is -0.116. The lowest BCUT2D eigenvalue weighted by Crippen LogP contribution is -2.27. The Kier molecular flexibility index (Phi) is 5.27. The number of nitrogens with zero attached hydrogens (tertiary/aromatic N) is 1. The molecule has 3 rings (SSSR count). The number of halogens is 1. The van der Waals surface area contributed by atoms with E-state index in [0.717, 1.165) is 11.8 Å². The summed E-state index contributed by atoms with van der Waals surface area (Å²) in [5.41, 5.74) is 2.30. The van der Waals surface area contributed by atoms with Crippen molar-refractivity contribution in [1.29, 1.82) is 0 Å². The summed E-state index contributed by atoms with van der Waals surface area (Å²) in [5.74, 6) is -1.03. The van der Waals surface area contributed by atoms with Crippen molar-refractivity contribution in [3.05, 3.63) is 59.4 Å². The van der Waals surface area contributed by atoms with E-state index in [1.165, 1.54) is 28.6 Å². The van der Waals surface area contributed by atoms with Crippen molar-refractivity contribution in [2.24, 2.45) is 0 Å². The summed E-state index contributed by atoms with van der Waals surface area (Å²) in [4.78, 5) is 24.2.